The fourth-order valence-electron chi connectivity index (χ4n) is 1.88. The highest BCUT2D eigenvalue weighted by atomic mass is 79.9. The minimum atomic E-state index is -1.04. The molecule has 0 atom stereocenters. The van der Waals surface area contributed by atoms with E-state index in [-0.39, 0.29) is 17.9 Å². The molecule has 0 spiro atoms. The number of aromatic carboxylic acids is 1. The van der Waals surface area contributed by atoms with Crippen molar-refractivity contribution in [3.63, 3.8) is 0 Å². The predicted octanol–water partition coefficient (Wildman–Crippen LogP) is 3.74. The molecule has 0 aliphatic heterocycles. The van der Waals surface area contributed by atoms with Gasteiger partial charge in [0.25, 0.3) is 0 Å². The number of rotatable bonds is 4. The molecule has 2 rings (SSSR count). The van der Waals surface area contributed by atoms with Crippen molar-refractivity contribution >= 4 is 21.9 Å². The minimum Gasteiger partial charge on any atom is -0.508 e. The molecule has 0 saturated carbocycles. The summed E-state index contributed by atoms with van der Waals surface area (Å²) in [6.07, 6.45) is 0. The van der Waals surface area contributed by atoms with Crippen LogP contribution in [-0.4, -0.2) is 16.2 Å². The Kier molecular flexibility index (Phi) is 4.29. The van der Waals surface area contributed by atoms with Crippen LogP contribution in [0.5, 0.6) is 11.5 Å². The van der Waals surface area contributed by atoms with Crippen molar-refractivity contribution in [2.75, 3.05) is 0 Å². The molecule has 0 saturated heterocycles. The van der Waals surface area contributed by atoms with Crippen LogP contribution in [0.3, 0.4) is 0 Å². The van der Waals surface area contributed by atoms with Gasteiger partial charge in [0.1, 0.15) is 23.7 Å². The zero-order chi connectivity index (χ0) is 14.7. The lowest BCUT2D eigenvalue weighted by atomic mass is 10.1. The van der Waals surface area contributed by atoms with Crippen LogP contribution in [0.15, 0.2) is 40.9 Å². The third kappa shape index (κ3) is 3.30. The first-order valence-corrected chi connectivity index (χ1v) is 6.71. The highest BCUT2D eigenvalue weighted by molar-refractivity contribution is 9.10. The molecule has 0 amide bonds. The summed E-state index contributed by atoms with van der Waals surface area (Å²) in [6, 6.07) is 9.96. The molecule has 2 aromatic carbocycles. The monoisotopic (exact) mass is 336 g/mol. The van der Waals surface area contributed by atoms with E-state index in [2.05, 4.69) is 15.9 Å². The smallest absolute Gasteiger partial charge is 0.339 e. The molecule has 0 aliphatic rings. The molecule has 0 bridgehead atoms. The molecular formula is C15H13BrO4. The van der Waals surface area contributed by atoms with Gasteiger partial charge in [-0.25, -0.2) is 4.79 Å². The van der Waals surface area contributed by atoms with Crippen LogP contribution in [0.1, 0.15) is 21.5 Å². The van der Waals surface area contributed by atoms with Gasteiger partial charge in [0.15, 0.2) is 0 Å². The third-order valence-corrected chi connectivity index (χ3v) is 3.22. The first-order chi connectivity index (χ1) is 9.47. The first-order valence-electron chi connectivity index (χ1n) is 5.91. The van der Waals surface area contributed by atoms with Gasteiger partial charge in [-0.3, -0.25) is 0 Å². The highest BCUT2D eigenvalue weighted by Gasteiger charge is 2.15. The number of hydrogen-bond acceptors (Lipinski definition) is 3. The van der Waals surface area contributed by atoms with E-state index in [1.165, 1.54) is 6.07 Å². The van der Waals surface area contributed by atoms with Crippen LogP contribution < -0.4 is 4.74 Å². The van der Waals surface area contributed by atoms with E-state index in [0.29, 0.717) is 10.2 Å². The van der Waals surface area contributed by atoms with Gasteiger partial charge in [-0.05, 0) is 42.3 Å². The van der Waals surface area contributed by atoms with Gasteiger partial charge in [-0.15, -0.1) is 0 Å². The van der Waals surface area contributed by atoms with E-state index in [0.717, 1.165) is 11.1 Å². The molecule has 0 unspecified atom stereocenters. The molecule has 0 fully saturated rings. The van der Waals surface area contributed by atoms with Gasteiger partial charge >= 0.3 is 5.97 Å². The average Bonchev–Trinajstić information content (AvgIpc) is 2.36. The van der Waals surface area contributed by atoms with Crippen molar-refractivity contribution in [1.29, 1.82) is 0 Å². The molecule has 0 radical (unpaired) electrons. The number of phenols is 1. The maximum absolute atomic E-state index is 11.3. The standard InChI is InChI=1S/C15H13BrO4/c1-9-5-11(16)7-13(15(18)19)14(9)20-8-10-3-2-4-12(17)6-10/h2-7,17H,8H2,1H3,(H,18,19). The molecule has 2 N–H and O–H groups in total. The van der Waals surface area contributed by atoms with Crippen molar-refractivity contribution in [2.24, 2.45) is 0 Å². The maximum Gasteiger partial charge on any atom is 0.339 e. The first kappa shape index (κ1) is 14.4. The lowest BCUT2D eigenvalue weighted by Gasteiger charge is -2.13. The number of carboxylic acid groups (broad SMARTS) is 1. The normalized spacial score (nSPS) is 10.3. The Hall–Kier alpha value is -2.01. The molecule has 0 aromatic heterocycles. The van der Waals surface area contributed by atoms with Crippen molar-refractivity contribution in [3.8, 4) is 11.5 Å². The fraction of sp³-hybridized carbons (Fsp3) is 0.133. The molecule has 0 aliphatic carbocycles. The summed E-state index contributed by atoms with van der Waals surface area (Å²) < 4.78 is 6.30. The second kappa shape index (κ2) is 5.96. The van der Waals surface area contributed by atoms with Gasteiger partial charge in [-0.2, -0.15) is 0 Å². The lowest BCUT2D eigenvalue weighted by molar-refractivity contribution is 0.0691. The Bertz CT molecular complexity index is 652. The largest absolute Gasteiger partial charge is 0.508 e. The number of aryl methyl sites for hydroxylation is 1. The van der Waals surface area contributed by atoms with Gasteiger partial charge in [0.2, 0.25) is 0 Å². The number of phenolic OH excluding ortho intramolecular Hbond substituents is 1. The zero-order valence-corrected chi connectivity index (χ0v) is 12.3. The van der Waals surface area contributed by atoms with Crippen LogP contribution in [0, 0.1) is 6.92 Å². The fourth-order valence-corrected chi connectivity index (χ4v) is 2.45. The van der Waals surface area contributed by atoms with Crippen LogP contribution in [-0.2, 0) is 6.61 Å². The Morgan fingerprint density at radius 3 is 2.70 bits per heavy atom. The van der Waals surface area contributed by atoms with Crippen LogP contribution in [0.2, 0.25) is 0 Å². The van der Waals surface area contributed by atoms with Gasteiger partial charge in [0, 0.05) is 4.47 Å². The molecule has 104 valence electrons. The van der Waals surface area contributed by atoms with Crippen molar-refractivity contribution in [1.82, 2.24) is 0 Å². The van der Waals surface area contributed by atoms with E-state index >= 15 is 0 Å². The van der Waals surface area contributed by atoms with E-state index in [4.69, 9.17) is 4.74 Å². The summed E-state index contributed by atoms with van der Waals surface area (Å²) in [4.78, 5) is 11.3. The Morgan fingerprint density at radius 1 is 1.30 bits per heavy atom. The second-order valence-electron chi connectivity index (χ2n) is 4.36. The van der Waals surface area contributed by atoms with Crippen molar-refractivity contribution in [3.05, 3.63) is 57.6 Å². The topological polar surface area (TPSA) is 66.8 Å². The Morgan fingerprint density at radius 2 is 2.05 bits per heavy atom. The van der Waals surface area contributed by atoms with Crippen molar-refractivity contribution in [2.45, 2.75) is 13.5 Å². The number of ether oxygens (including phenoxy) is 1. The molecular weight excluding hydrogens is 324 g/mol. The number of benzene rings is 2. The summed E-state index contributed by atoms with van der Waals surface area (Å²) in [5, 5.41) is 18.6. The lowest BCUT2D eigenvalue weighted by Crippen LogP contribution is -2.05. The maximum atomic E-state index is 11.3. The third-order valence-electron chi connectivity index (χ3n) is 2.76. The number of carboxylic acids is 1. The Balaban J connectivity index is 2.27. The second-order valence-corrected chi connectivity index (χ2v) is 5.28. The van der Waals surface area contributed by atoms with Crippen molar-refractivity contribution < 1.29 is 19.7 Å². The number of hydrogen-bond donors (Lipinski definition) is 2. The average molecular weight is 337 g/mol. The SMILES string of the molecule is Cc1cc(Br)cc(C(=O)O)c1OCc1cccc(O)c1. The molecule has 5 heteroatoms. The summed E-state index contributed by atoms with van der Waals surface area (Å²) in [5.41, 5.74) is 1.61. The van der Waals surface area contributed by atoms with Crippen LogP contribution >= 0.6 is 15.9 Å². The van der Waals surface area contributed by atoms with E-state index < -0.39 is 5.97 Å². The van der Waals surface area contributed by atoms with Crippen LogP contribution in [0.4, 0.5) is 0 Å². The summed E-state index contributed by atoms with van der Waals surface area (Å²) >= 11 is 3.27. The van der Waals surface area contributed by atoms with Crippen LogP contribution in [0.25, 0.3) is 0 Å². The van der Waals surface area contributed by atoms with Gasteiger partial charge in [0.05, 0.1) is 0 Å². The predicted molar refractivity (Wildman–Crippen MR) is 78.3 cm³/mol. The quantitative estimate of drug-likeness (QED) is 0.892. The number of halogens is 1. The van der Waals surface area contributed by atoms with E-state index in [1.807, 2.05) is 0 Å². The van der Waals surface area contributed by atoms with Gasteiger partial charge < -0.3 is 14.9 Å². The highest BCUT2D eigenvalue weighted by Crippen LogP contribution is 2.29. The molecule has 4 nitrogen and oxygen atoms in total. The van der Waals surface area contributed by atoms with E-state index in [9.17, 15) is 15.0 Å². The summed E-state index contributed by atoms with van der Waals surface area (Å²) in [6.45, 7) is 1.98. The minimum absolute atomic E-state index is 0.108. The van der Waals surface area contributed by atoms with E-state index in [1.54, 1.807) is 37.3 Å². The molecule has 20 heavy (non-hydrogen) atoms. The molecule has 2 aromatic rings. The summed E-state index contributed by atoms with van der Waals surface area (Å²) in [7, 11) is 0. The Labute approximate surface area is 124 Å². The summed E-state index contributed by atoms with van der Waals surface area (Å²) in [5.74, 6) is -0.554. The number of aromatic hydroxyl groups is 1. The zero-order valence-electron chi connectivity index (χ0n) is 10.8. The van der Waals surface area contributed by atoms with Gasteiger partial charge in [-0.1, -0.05) is 28.1 Å². The molecule has 0 heterocycles. The number of carbonyl (C=O) groups is 1.